The molecule has 0 fully saturated rings. The fraction of sp³-hybridized carbons (Fsp3) is 0. The summed E-state index contributed by atoms with van der Waals surface area (Å²) in [5.74, 6) is 0. The van der Waals surface area contributed by atoms with Crippen molar-refractivity contribution in [2.75, 3.05) is 0 Å². The van der Waals surface area contributed by atoms with Crippen LogP contribution in [-0.2, 0) is 0 Å². The summed E-state index contributed by atoms with van der Waals surface area (Å²) in [6, 6.07) is 0. The number of thioether (sulfide) groups is 1. The first-order valence-electron chi connectivity index (χ1n) is 1.63. The quantitative estimate of drug-likeness (QED) is 0.511. The lowest BCUT2D eigenvalue weighted by Gasteiger charge is -1.73. The number of aromatic nitrogens is 2. The predicted octanol–water partition coefficient (Wildman–Crippen LogP) is 0.953. The maximum absolute atomic E-state index is 4.52. The predicted molar refractivity (Wildman–Crippen MR) is 25.5 cm³/mol. The average Bonchev–Trinajstić information content (AvgIpc) is 2.14. The van der Waals surface area contributed by atoms with E-state index in [2.05, 4.69) is 21.1 Å². The van der Waals surface area contributed by atoms with Gasteiger partial charge in [-0.2, -0.15) is 0 Å². The molecule has 0 unspecified atom stereocenters. The van der Waals surface area contributed by atoms with Crippen molar-refractivity contribution in [3.05, 3.63) is 12.5 Å². The van der Waals surface area contributed by atoms with Crippen LogP contribution in [0.2, 0.25) is 0 Å². The van der Waals surface area contributed by atoms with E-state index >= 15 is 0 Å². The van der Waals surface area contributed by atoms with Gasteiger partial charge >= 0.3 is 0 Å². The zero-order valence-electron chi connectivity index (χ0n) is 3.50. The van der Waals surface area contributed by atoms with Crippen LogP contribution in [0, 0.1) is 6.26 Å². The lowest BCUT2D eigenvalue weighted by molar-refractivity contribution is 0.332. The van der Waals surface area contributed by atoms with Crippen LogP contribution in [0.5, 0.6) is 0 Å². The molecule has 0 saturated carbocycles. The molecule has 1 rings (SSSR count). The Balaban J connectivity index is 2.76. The molecule has 1 heterocycles. The largest absolute Gasteiger partial charge is 0.330 e. The second-order valence-electron chi connectivity index (χ2n) is 0.881. The summed E-state index contributed by atoms with van der Waals surface area (Å²) < 4.78 is 4.52. The Kier molecular flexibility index (Phi) is 1.31. The van der Waals surface area contributed by atoms with Crippen molar-refractivity contribution < 1.29 is 4.52 Å². The van der Waals surface area contributed by atoms with Crippen LogP contribution >= 0.6 is 11.8 Å². The minimum Gasteiger partial charge on any atom is -0.330 e. The standard InChI is InChI=1S/C3H3N2OS/c1-7-3-2-4-5-6-3/h2H,1H2. The highest BCUT2D eigenvalue weighted by molar-refractivity contribution is 8.00. The summed E-state index contributed by atoms with van der Waals surface area (Å²) in [5, 5.41) is 7.26. The molecule has 0 aliphatic rings. The van der Waals surface area contributed by atoms with E-state index in [-0.39, 0.29) is 0 Å². The van der Waals surface area contributed by atoms with Gasteiger partial charge in [0, 0.05) is 11.5 Å². The first-order valence-corrected chi connectivity index (χ1v) is 2.61. The molecule has 37 valence electrons. The molecule has 0 N–H and O–H groups in total. The lowest BCUT2D eigenvalue weighted by atomic mass is 11.0. The second kappa shape index (κ2) is 1.97. The molecular formula is C3H3N2OS. The molecular weight excluding hydrogens is 112 g/mol. The van der Waals surface area contributed by atoms with Gasteiger partial charge < -0.3 is 4.52 Å². The van der Waals surface area contributed by atoms with Crippen LogP contribution < -0.4 is 0 Å². The molecule has 0 spiro atoms. The van der Waals surface area contributed by atoms with Crippen molar-refractivity contribution in [1.82, 2.24) is 10.4 Å². The SMILES string of the molecule is [CH2]Sc1cnno1. The Morgan fingerprint density at radius 2 is 2.71 bits per heavy atom. The van der Waals surface area contributed by atoms with E-state index in [0.29, 0.717) is 5.09 Å². The Labute approximate surface area is 45.1 Å². The summed E-state index contributed by atoms with van der Waals surface area (Å²) in [4.78, 5) is 0. The smallest absolute Gasteiger partial charge is 0.213 e. The highest BCUT2D eigenvalue weighted by Gasteiger charge is 1.89. The summed E-state index contributed by atoms with van der Waals surface area (Å²) in [7, 11) is 0. The second-order valence-corrected chi connectivity index (χ2v) is 1.57. The molecule has 1 aromatic rings. The van der Waals surface area contributed by atoms with Crippen molar-refractivity contribution in [2.24, 2.45) is 0 Å². The van der Waals surface area contributed by atoms with Crippen molar-refractivity contribution in [3.8, 4) is 0 Å². The number of rotatable bonds is 1. The van der Waals surface area contributed by atoms with Crippen LogP contribution in [0.4, 0.5) is 0 Å². The van der Waals surface area contributed by atoms with Crippen molar-refractivity contribution in [2.45, 2.75) is 5.09 Å². The van der Waals surface area contributed by atoms with Gasteiger partial charge in [-0.25, -0.2) is 0 Å². The van der Waals surface area contributed by atoms with Crippen LogP contribution in [0.1, 0.15) is 0 Å². The van der Waals surface area contributed by atoms with Gasteiger partial charge in [-0.05, 0) is 0 Å². The van der Waals surface area contributed by atoms with Crippen molar-refractivity contribution >= 4 is 11.8 Å². The van der Waals surface area contributed by atoms with E-state index in [9.17, 15) is 0 Å². The third kappa shape index (κ3) is 0.928. The molecule has 4 heteroatoms. The van der Waals surface area contributed by atoms with Crippen LogP contribution in [0.25, 0.3) is 0 Å². The topological polar surface area (TPSA) is 38.9 Å². The van der Waals surface area contributed by atoms with Crippen molar-refractivity contribution in [3.63, 3.8) is 0 Å². The monoisotopic (exact) mass is 115 g/mol. The normalized spacial score (nSPS) is 9.29. The van der Waals surface area contributed by atoms with Crippen LogP contribution in [0.15, 0.2) is 15.8 Å². The number of hydrogen-bond acceptors (Lipinski definition) is 4. The molecule has 1 radical (unpaired) electrons. The van der Waals surface area contributed by atoms with Gasteiger partial charge in [0.25, 0.3) is 0 Å². The van der Waals surface area contributed by atoms with Gasteiger partial charge in [0.2, 0.25) is 5.09 Å². The van der Waals surface area contributed by atoms with Gasteiger partial charge in [0.1, 0.15) is 6.20 Å². The minimum absolute atomic E-state index is 0.639. The summed E-state index contributed by atoms with van der Waals surface area (Å²) in [5.41, 5.74) is 0. The van der Waals surface area contributed by atoms with E-state index in [4.69, 9.17) is 0 Å². The van der Waals surface area contributed by atoms with Gasteiger partial charge in [-0.3, -0.25) is 0 Å². The van der Waals surface area contributed by atoms with E-state index in [0.717, 1.165) is 0 Å². The zero-order chi connectivity index (χ0) is 5.11. The Bertz CT molecular complexity index is 127. The van der Waals surface area contributed by atoms with E-state index in [1.54, 1.807) is 0 Å². The Morgan fingerprint density at radius 1 is 1.86 bits per heavy atom. The first kappa shape index (κ1) is 4.64. The molecule has 0 bridgehead atoms. The minimum atomic E-state index is 0.639. The molecule has 3 nitrogen and oxygen atoms in total. The molecule has 0 atom stereocenters. The third-order valence-corrected chi connectivity index (χ3v) is 0.948. The molecule has 7 heavy (non-hydrogen) atoms. The molecule has 1 aromatic heterocycles. The van der Waals surface area contributed by atoms with Gasteiger partial charge in [-0.1, -0.05) is 11.8 Å². The molecule has 0 saturated heterocycles. The van der Waals surface area contributed by atoms with Crippen LogP contribution in [-0.4, -0.2) is 10.4 Å². The van der Waals surface area contributed by atoms with Crippen molar-refractivity contribution in [1.29, 1.82) is 0 Å². The summed E-state index contributed by atoms with van der Waals surface area (Å²) in [6.45, 7) is 0. The first-order chi connectivity index (χ1) is 3.43. The maximum Gasteiger partial charge on any atom is 0.213 e. The Morgan fingerprint density at radius 3 is 3.00 bits per heavy atom. The average molecular weight is 115 g/mol. The maximum atomic E-state index is 4.52. The highest BCUT2D eigenvalue weighted by Crippen LogP contribution is 2.11. The lowest BCUT2D eigenvalue weighted by Crippen LogP contribution is -1.53. The summed E-state index contributed by atoms with van der Waals surface area (Å²) >= 11 is 1.23. The van der Waals surface area contributed by atoms with Gasteiger partial charge in [-0.15, -0.1) is 5.10 Å². The molecule has 0 aliphatic heterocycles. The Hall–Kier alpha value is -0.510. The van der Waals surface area contributed by atoms with E-state index in [1.165, 1.54) is 18.0 Å². The van der Waals surface area contributed by atoms with E-state index < -0.39 is 0 Å². The van der Waals surface area contributed by atoms with Crippen LogP contribution in [0.3, 0.4) is 0 Å². The molecule has 0 aromatic carbocycles. The van der Waals surface area contributed by atoms with E-state index in [1.807, 2.05) is 0 Å². The highest BCUT2D eigenvalue weighted by atomic mass is 32.2. The van der Waals surface area contributed by atoms with Gasteiger partial charge in [0.05, 0.1) is 0 Å². The molecule has 0 amide bonds. The zero-order valence-corrected chi connectivity index (χ0v) is 4.31. The fourth-order valence-electron chi connectivity index (χ4n) is 0.222. The fourth-order valence-corrected chi connectivity index (χ4v) is 0.429. The number of nitrogens with zero attached hydrogens (tertiary/aromatic N) is 2. The summed E-state index contributed by atoms with van der Waals surface area (Å²) in [6.07, 6.45) is 4.98. The number of hydrogen-bond donors (Lipinski definition) is 0. The van der Waals surface area contributed by atoms with Gasteiger partial charge in [0.15, 0.2) is 0 Å². The molecule has 0 aliphatic carbocycles. The third-order valence-electron chi connectivity index (χ3n) is 0.483.